The summed E-state index contributed by atoms with van der Waals surface area (Å²) in [6.45, 7) is 2.01. The quantitative estimate of drug-likeness (QED) is 0.500. The van der Waals surface area contributed by atoms with E-state index in [4.69, 9.17) is 18.6 Å². The third kappa shape index (κ3) is 5.29. The van der Waals surface area contributed by atoms with E-state index in [0.29, 0.717) is 0 Å². The van der Waals surface area contributed by atoms with Crippen molar-refractivity contribution in [3.8, 4) is 0 Å². The first-order valence-electron chi connectivity index (χ1n) is 1.44. The second-order valence-corrected chi connectivity index (χ2v) is 7.41. The molecule has 0 aliphatic carbocycles. The van der Waals surface area contributed by atoms with Crippen LogP contribution in [0.1, 0.15) is 6.92 Å². The second-order valence-electron chi connectivity index (χ2n) is 0.692. The Balaban J connectivity index is 2.54. The topological polar surface area (TPSA) is 0 Å². The average molecular weight is 148 g/mol. The van der Waals surface area contributed by atoms with Crippen LogP contribution in [0.25, 0.3) is 0 Å². The fraction of sp³-hybridized carbons (Fsp3) is 1.00. The maximum atomic E-state index is 5.39. The summed E-state index contributed by atoms with van der Waals surface area (Å²) >= 11 is -1.41. The molecule has 0 atom stereocenters. The van der Waals surface area contributed by atoms with Crippen LogP contribution in [0.15, 0.2) is 0 Å². The zero-order valence-electron chi connectivity index (χ0n) is 2.96. The second kappa shape index (κ2) is 3.48. The predicted octanol–water partition coefficient (Wildman–Crippen LogP) is 2.35. The first-order valence-corrected chi connectivity index (χ1v) is 6.84. The third-order valence-corrected chi connectivity index (χ3v) is 3.31. The van der Waals surface area contributed by atoms with Crippen molar-refractivity contribution in [2.75, 3.05) is 0 Å². The molecule has 0 unspecified atom stereocenters. The molecule has 0 bridgehead atoms. The van der Waals surface area contributed by atoms with Gasteiger partial charge in [0.2, 0.25) is 0 Å². The number of hydrogen-bond acceptors (Lipinski definition) is 0. The van der Waals surface area contributed by atoms with E-state index in [0.717, 1.165) is 4.73 Å². The molecule has 3 heteroatoms. The van der Waals surface area contributed by atoms with E-state index >= 15 is 0 Å². The molecule has 0 aromatic rings. The molecular weight excluding hydrogens is 143 g/mol. The van der Waals surface area contributed by atoms with E-state index in [1.54, 1.807) is 0 Å². The van der Waals surface area contributed by atoms with Crippen LogP contribution in [0, 0.1) is 0 Å². The van der Waals surface area contributed by atoms with Gasteiger partial charge in [-0.3, -0.25) is 0 Å². The van der Waals surface area contributed by atoms with Crippen LogP contribution < -0.4 is 0 Å². The van der Waals surface area contributed by atoms with Crippen molar-refractivity contribution >= 4 is 18.6 Å². The molecule has 0 rings (SSSR count). The summed E-state index contributed by atoms with van der Waals surface area (Å²) in [6.07, 6.45) is 0. The van der Waals surface area contributed by atoms with Gasteiger partial charge in [0.05, 0.1) is 0 Å². The van der Waals surface area contributed by atoms with Crippen LogP contribution >= 0.6 is 18.6 Å². The first-order chi connectivity index (χ1) is 2.27. The molecule has 0 radical (unpaired) electrons. The standard InChI is InChI=1S/C2H5.2ClH.Ti/c1-2;;;/h1H2,2H3;2*1H;/q;;;+2/p-2. The summed E-state index contributed by atoms with van der Waals surface area (Å²) in [4.78, 5) is 0. The van der Waals surface area contributed by atoms with Crippen LogP contribution in [-0.4, -0.2) is 0 Å². The summed E-state index contributed by atoms with van der Waals surface area (Å²) in [7, 11) is 10.8. The Kier molecular flexibility index (Phi) is 4.38. The van der Waals surface area contributed by atoms with Gasteiger partial charge >= 0.3 is 46.0 Å². The first kappa shape index (κ1) is 6.29. The zero-order valence-corrected chi connectivity index (χ0v) is 6.04. The fourth-order valence-electron chi connectivity index (χ4n) is 0. The Morgan fingerprint density at radius 2 is 1.80 bits per heavy atom. The van der Waals surface area contributed by atoms with E-state index in [9.17, 15) is 0 Å². The fourth-order valence-corrected chi connectivity index (χ4v) is 0. The molecule has 0 aliphatic rings. The molecular formula is C2H5Cl2Ti. The maximum absolute atomic E-state index is 5.39. The van der Waals surface area contributed by atoms with Crippen LogP contribution in [0.3, 0.4) is 0 Å². The molecule has 5 heavy (non-hydrogen) atoms. The normalized spacial score (nSPS) is 7.80. The van der Waals surface area contributed by atoms with Gasteiger partial charge in [0, 0.05) is 0 Å². The molecule has 0 fully saturated rings. The van der Waals surface area contributed by atoms with Crippen LogP contribution in [0.4, 0.5) is 0 Å². The molecule has 0 aromatic heterocycles. The zero-order chi connectivity index (χ0) is 4.28. The Bertz CT molecular complexity index is 21.6. The number of rotatable bonds is 1. The van der Waals surface area contributed by atoms with E-state index in [-0.39, 0.29) is 0 Å². The number of hydrogen-bond donors (Lipinski definition) is 0. The van der Waals surface area contributed by atoms with Crippen LogP contribution in [0.5, 0.6) is 0 Å². The van der Waals surface area contributed by atoms with Crippen molar-refractivity contribution < 1.29 is 15.7 Å². The van der Waals surface area contributed by atoms with Gasteiger partial charge in [0.15, 0.2) is 0 Å². The Morgan fingerprint density at radius 1 is 1.60 bits per heavy atom. The van der Waals surface area contributed by atoms with Gasteiger partial charge < -0.3 is 0 Å². The summed E-state index contributed by atoms with van der Waals surface area (Å²) in [5.41, 5.74) is 0. The molecule has 0 nitrogen and oxygen atoms in total. The van der Waals surface area contributed by atoms with Crippen molar-refractivity contribution in [3.05, 3.63) is 0 Å². The van der Waals surface area contributed by atoms with Crippen molar-refractivity contribution in [2.24, 2.45) is 0 Å². The van der Waals surface area contributed by atoms with E-state index in [2.05, 4.69) is 0 Å². The van der Waals surface area contributed by atoms with Crippen molar-refractivity contribution in [3.63, 3.8) is 0 Å². The monoisotopic (exact) mass is 147 g/mol. The van der Waals surface area contributed by atoms with Gasteiger partial charge in [0.25, 0.3) is 0 Å². The molecule has 0 spiro atoms. The summed E-state index contributed by atoms with van der Waals surface area (Å²) in [5, 5.41) is 0. The average Bonchev–Trinajstić information content (AvgIpc) is 1.38. The molecule has 31 valence electrons. The molecule has 0 saturated heterocycles. The molecule has 0 aromatic carbocycles. The predicted molar refractivity (Wildman–Crippen MR) is 22.2 cm³/mol. The summed E-state index contributed by atoms with van der Waals surface area (Å²) in [6, 6.07) is 0. The Hall–Kier alpha value is 1.29. The minimum absolute atomic E-state index is 1.00. The van der Waals surface area contributed by atoms with Gasteiger partial charge in [-0.25, -0.2) is 0 Å². The van der Waals surface area contributed by atoms with Gasteiger partial charge in [-0.2, -0.15) is 0 Å². The Labute approximate surface area is 46.0 Å². The van der Waals surface area contributed by atoms with Crippen molar-refractivity contribution in [1.82, 2.24) is 0 Å². The van der Waals surface area contributed by atoms with Crippen molar-refractivity contribution in [1.29, 1.82) is 0 Å². The SMILES string of the molecule is C[CH2][Ti]([Cl])[Cl]. The molecule has 0 amide bonds. The van der Waals surface area contributed by atoms with Crippen LogP contribution in [0.2, 0.25) is 4.73 Å². The molecule has 0 heterocycles. The summed E-state index contributed by atoms with van der Waals surface area (Å²) < 4.78 is 1.00. The van der Waals surface area contributed by atoms with Gasteiger partial charge in [-0.1, -0.05) is 0 Å². The van der Waals surface area contributed by atoms with E-state index in [1.165, 1.54) is 0 Å². The molecule has 0 aliphatic heterocycles. The minimum atomic E-state index is -1.41. The van der Waals surface area contributed by atoms with Gasteiger partial charge in [-0.15, -0.1) is 0 Å². The van der Waals surface area contributed by atoms with Crippen LogP contribution in [-0.2, 0) is 15.7 Å². The Morgan fingerprint density at radius 3 is 1.80 bits per heavy atom. The van der Waals surface area contributed by atoms with Gasteiger partial charge in [-0.05, 0) is 0 Å². The van der Waals surface area contributed by atoms with E-state index < -0.39 is 15.7 Å². The van der Waals surface area contributed by atoms with Crippen molar-refractivity contribution in [2.45, 2.75) is 11.6 Å². The third-order valence-electron chi connectivity index (χ3n) is 0.267. The van der Waals surface area contributed by atoms with E-state index in [1.807, 2.05) is 6.92 Å². The molecule has 0 saturated carbocycles. The summed E-state index contributed by atoms with van der Waals surface area (Å²) in [5.74, 6) is 0. The number of halogens is 2. The molecule has 0 N–H and O–H groups in total. The van der Waals surface area contributed by atoms with Gasteiger partial charge in [0.1, 0.15) is 0 Å².